The van der Waals surface area contributed by atoms with Crippen LogP contribution in [0.5, 0.6) is 5.75 Å². The zero-order valence-electron chi connectivity index (χ0n) is 12.4. The average Bonchev–Trinajstić information content (AvgIpc) is 2.43. The fourth-order valence-corrected chi connectivity index (χ4v) is 2.99. The number of ether oxygens (including phenoxy) is 1. The maximum absolute atomic E-state index is 12.9. The minimum atomic E-state index is -0.429. The molecule has 1 aliphatic carbocycles. The molecule has 1 fully saturated rings. The van der Waals surface area contributed by atoms with Gasteiger partial charge in [0, 0.05) is 6.04 Å². The van der Waals surface area contributed by atoms with Crippen molar-refractivity contribution in [3.63, 3.8) is 0 Å². The third-order valence-electron chi connectivity index (χ3n) is 4.31. The van der Waals surface area contributed by atoms with E-state index in [1.54, 1.807) is 0 Å². The van der Waals surface area contributed by atoms with Gasteiger partial charge in [0.1, 0.15) is 11.6 Å². The molecule has 0 saturated heterocycles. The number of hydrogen-bond donors (Lipinski definition) is 1. The lowest BCUT2D eigenvalue weighted by Gasteiger charge is -2.34. The predicted molar refractivity (Wildman–Crippen MR) is 81.0 cm³/mol. The van der Waals surface area contributed by atoms with Gasteiger partial charge in [-0.25, -0.2) is 4.39 Å². The van der Waals surface area contributed by atoms with Gasteiger partial charge in [0.15, 0.2) is 6.61 Å². The topological polar surface area (TPSA) is 38.3 Å². The fraction of sp³-hybridized carbons (Fsp3) is 0.562. The highest BCUT2D eigenvalue weighted by Crippen LogP contribution is 2.29. The van der Waals surface area contributed by atoms with E-state index in [0.717, 1.165) is 12.8 Å². The summed E-state index contributed by atoms with van der Waals surface area (Å²) in [5.74, 6) is 0.815. The zero-order valence-corrected chi connectivity index (χ0v) is 13.1. The fourth-order valence-electron chi connectivity index (χ4n) is 2.77. The van der Waals surface area contributed by atoms with E-state index in [4.69, 9.17) is 16.3 Å². The van der Waals surface area contributed by atoms with Crippen molar-refractivity contribution in [1.82, 2.24) is 5.32 Å². The van der Waals surface area contributed by atoms with E-state index in [0.29, 0.717) is 17.6 Å². The van der Waals surface area contributed by atoms with Crippen LogP contribution in [0.15, 0.2) is 18.2 Å². The van der Waals surface area contributed by atoms with Crippen LogP contribution < -0.4 is 10.1 Å². The van der Waals surface area contributed by atoms with Crippen LogP contribution in [0.2, 0.25) is 5.02 Å². The first-order valence-electron chi connectivity index (χ1n) is 7.34. The first-order valence-corrected chi connectivity index (χ1v) is 7.72. The standard InChI is InChI=1S/C16H21ClFNO2/c1-10-4-3-5-14(11(10)2)19-16(20)9-21-15-7-6-12(18)8-13(15)17/h6-8,10-11,14H,3-5,9H2,1-2H3,(H,19,20). The van der Waals surface area contributed by atoms with Gasteiger partial charge in [0.2, 0.25) is 0 Å². The number of benzene rings is 1. The van der Waals surface area contributed by atoms with Gasteiger partial charge in [-0.15, -0.1) is 0 Å². The highest BCUT2D eigenvalue weighted by molar-refractivity contribution is 6.32. The van der Waals surface area contributed by atoms with Gasteiger partial charge < -0.3 is 10.1 Å². The molecule has 0 aliphatic heterocycles. The Bertz CT molecular complexity index is 509. The van der Waals surface area contributed by atoms with Gasteiger partial charge in [-0.2, -0.15) is 0 Å². The second-order valence-electron chi connectivity index (χ2n) is 5.80. The Kier molecular flexibility index (Phi) is 5.45. The van der Waals surface area contributed by atoms with Gasteiger partial charge in [-0.1, -0.05) is 38.3 Å². The predicted octanol–water partition coefficient (Wildman–Crippen LogP) is 3.80. The van der Waals surface area contributed by atoms with Crippen molar-refractivity contribution in [1.29, 1.82) is 0 Å². The molecule has 0 bridgehead atoms. The number of halogens is 2. The molecule has 1 aromatic rings. The molecule has 0 radical (unpaired) electrons. The Labute approximate surface area is 129 Å². The highest BCUT2D eigenvalue weighted by atomic mass is 35.5. The van der Waals surface area contributed by atoms with E-state index in [2.05, 4.69) is 19.2 Å². The summed E-state index contributed by atoms with van der Waals surface area (Å²) in [6.45, 7) is 4.28. The SMILES string of the molecule is CC1CCCC(NC(=O)COc2ccc(F)cc2Cl)C1C. The molecule has 0 heterocycles. The normalized spacial score (nSPS) is 25.4. The van der Waals surface area contributed by atoms with Crippen LogP contribution in [0.25, 0.3) is 0 Å². The molecule has 21 heavy (non-hydrogen) atoms. The van der Waals surface area contributed by atoms with E-state index in [9.17, 15) is 9.18 Å². The van der Waals surface area contributed by atoms with Gasteiger partial charge in [-0.05, 0) is 36.5 Å². The molecule has 5 heteroatoms. The van der Waals surface area contributed by atoms with E-state index in [-0.39, 0.29) is 23.6 Å². The number of rotatable bonds is 4. The van der Waals surface area contributed by atoms with Crippen LogP contribution in [-0.2, 0) is 4.79 Å². The van der Waals surface area contributed by atoms with E-state index < -0.39 is 5.82 Å². The third kappa shape index (κ3) is 4.34. The molecule has 3 unspecified atom stereocenters. The molecule has 116 valence electrons. The maximum atomic E-state index is 12.9. The monoisotopic (exact) mass is 313 g/mol. The van der Waals surface area contributed by atoms with Crippen LogP contribution in [0.1, 0.15) is 33.1 Å². The van der Waals surface area contributed by atoms with E-state index in [1.807, 2.05) is 0 Å². The Morgan fingerprint density at radius 2 is 2.19 bits per heavy atom. The number of amides is 1. The first-order chi connectivity index (χ1) is 9.97. The molecule has 2 rings (SSSR count). The van der Waals surface area contributed by atoms with Crippen molar-refractivity contribution in [2.45, 2.75) is 39.2 Å². The molecule has 1 aromatic carbocycles. The molecular formula is C16H21ClFNO2. The van der Waals surface area contributed by atoms with Crippen molar-refractivity contribution in [3.8, 4) is 5.75 Å². The Hall–Kier alpha value is -1.29. The molecule has 1 saturated carbocycles. The van der Waals surface area contributed by atoms with Crippen LogP contribution >= 0.6 is 11.6 Å². The smallest absolute Gasteiger partial charge is 0.258 e. The molecule has 3 atom stereocenters. The number of carbonyl (C=O) groups excluding carboxylic acids is 1. The lowest BCUT2D eigenvalue weighted by molar-refractivity contribution is -0.124. The molecular weight excluding hydrogens is 293 g/mol. The summed E-state index contributed by atoms with van der Waals surface area (Å²) in [6, 6.07) is 4.05. The Morgan fingerprint density at radius 1 is 1.43 bits per heavy atom. The first kappa shape index (κ1) is 16.1. The van der Waals surface area contributed by atoms with Crippen molar-refractivity contribution >= 4 is 17.5 Å². The summed E-state index contributed by atoms with van der Waals surface area (Å²) in [5, 5.41) is 3.19. The summed E-state index contributed by atoms with van der Waals surface area (Å²) >= 11 is 5.85. The van der Waals surface area contributed by atoms with Crippen LogP contribution in [0.3, 0.4) is 0 Å². The second kappa shape index (κ2) is 7.12. The number of hydrogen-bond acceptors (Lipinski definition) is 2. The average molecular weight is 314 g/mol. The molecule has 0 spiro atoms. The highest BCUT2D eigenvalue weighted by Gasteiger charge is 2.28. The van der Waals surface area contributed by atoms with Crippen molar-refractivity contribution < 1.29 is 13.9 Å². The van der Waals surface area contributed by atoms with Gasteiger partial charge in [-0.3, -0.25) is 4.79 Å². The number of carbonyl (C=O) groups is 1. The van der Waals surface area contributed by atoms with Gasteiger partial charge in [0.05, 0.1) is 5.02 Å². The van der Waals surface area contributed by atoms with Crippen molar-refractivity contribution in [2.24, 2.45) is 11.8 Å². The molecule has 3 nitrogen and oxygen atoms in total. The van der Waals surface area contributed by atoms with Crippen molar-refractivity contribution in [3.05, 3.63) is 29.0 Å². The van der Waals surface area contributed by atoms with Crippen molar-refractivity contribution in [2.75, 3.05) is 6.61 Å². The maximum Gasteiger partial charge on any atom is 0.258 e. The summed E-state index contributed by atoms with van der Waals surface area (Å²) in [7, 11) is 0. The summed E-state index contributed by atoms with van der Waals surface area (Å²) in [5.41, 5.74) is 0. The Balaban J connectivity index is 1.84. The lowest BCUT2D eigenvalue weighted by atomic mass is 9.78. The molecule has 1 aliphatic rings. The van der Waals surface area contributed by atoms with Crippen LogP contribution in [0.4, 0.5) is 4.39 Å². The quantitative estimate of drug-likeness (QED) is 0.918. The summed E-state index contributed by atoms with van der Waals surface area (Å²) < 4.78 is 18.3. The van der Waals surface area contributed by atoms with Gasteiger partial charge in [0.25, 0.3) is 5.91 Å². The van der Waals surface area contributed by atoms with Crippen LogP contribution in [0, 0.1) is 17.7 Å². The molecule has 0 aromatic heterocycles. The number of nitrogens with one attached hydrogen (secondary N) is 1. The molecule has 1 amide bonds. The van der Waals surface area contributed by atoms with Crippen LogP contribution in [-0.4, -0.2) is 18.6 Å². The lowest BCUT2D eigenvalue weighted by Crippen LogP contribution is -2.45. The minimum absolute atomic E-state index is 0.108. The second-order valence-corrected chi connectivity index (χ2v) is 6.21. The van der Waals surface area contributed by atoms with Gasteiger partial charge >= 0.3 is 0 Å². The largest absolute Gasteiger partial charge is 0.482 e. The van der Waals surface area contributed by atoms with E-state index >= 15 is 0 Å². The Morgan fingerprint density at radius 3 is 2.90 bits per heavy atom. The minimum Gasteiger partial charge on any atom is -0.482 e. The summed E-state index contributed by atoms with van der Waals surface area (Å²) in [6.07, 6.45) is 3.37. The summed E-state index contributed by atoms with van der Waals surface area (Å²) in [4.78, 5) is 12.0. The van der Waals surface area contributed by atoms with E-state index in [1.165, 1.54) is 24.6 Å². The molecule has 1 N–H and O–H groups in total. The third-order valence-corrected chi connectivity index (χ3v) is 4.60. The zero-order chi connectivity index (χ0) is 15.4.